The molecule has 144 valence electrons. The number of amides is 1. The SMILES string of the molecule is O=C(CN1CCN(Cc2ccc(F)cc2Cl)CC1)Nc1cccc(Cl)c1Cl. The number of carbonyl (C=O) groups is 1. The van der Waals surface area contributed by atoms with E-state index in [0.717, 1.165) is 31.7 Å². The molecule has 0 aromatic heterocycles. The number of anilines is 1. The van der Waals surface area contributed by atoms with E-state index >= 15 is 0 Å². The predicted molar refractivity (Wildman–Crippen MR) is 108 cm³/mol. The predicted octanol–water partition coefficient (Wildman–Crippen LogP) is 4.54. The van der Waals surface area contributed by atoms with Crippen molar-refractivity contribution < 1.29 is 9.18 Å². The maximum Gasteiger partial charge on any atom is 0.238 e. The van der Waals surface area contributed by atoms with Crippen molar-refractivity contribution in [1.29, 1.82) is 0 Å². The number of carbonyl (C=O) groups excluding carboxylic acids is 1. The summed E-state index contributed by atoms with van der Waals surface area (Å²) in [7, 11) is 0. The lowest BCUT2D eigenvalue weighted by Crippen LogP contribution is -2.48. The summed E-state index contributed by atoms with van der Waals surface area (Å²) in [5.41, 5.74) is 1.42. The number of rotatable bonds is 5. The maximum absolute atomic E-state index is 13.1. The Labute approximate surface area is 172 Å². The molecule has 1 saturated heterocycles. The Bertz CT molecular complexity index is 826. The fourth-order valence-electron chi connectivity index (χ4n) is 2.99. The lowest BCUT2D eigenvalue weighted by Gasteiger charge is -2.34. The second-order valence-electron chi connectivity index (χ2n) is 6.44. The van der Waals surface area contributed by atoms with E-state index in [-0.39, 0.29) is 18.3 Å². The van der Waals surface area contributed by atoms with Crippen LogP contribution in [-0.2, 0) is 11.3 Å². The van der Waals surface area contributed by atoms with Gasteiger partial charge in [0.15, 0.2) is 0 Å². The van der Waals surface area contributed by atoms with E-state index in [0.29, 0.717) is 27.3 Å². The zero-order valence-corrected chi connectivity index (χ0v) is 16.8. The van der Waals surface area contributed by atoms with E-state index in [2.05, 4.69) is 15.1 Å². The van der Waals surface area contributed by atoms with Crippen LogP contribution in [0.3, 0.4) is 0 Å². The van der Waals surface area contributed by atoms with E-state index < -0.39 is 0 Å². The van der Waals surface area contributed by atoms with Gasteiger partial charge in [0.1, 0.15) is 5.82 Å². The lowest BCUT2D eigenvalue weighted by molar-refractivity contribution is -0.117. The second-order valence-corrected chi connectivity index (χ2v) is 7.63. The van der Waals surface area contributed by atoms with E-state index in [1.54, 1.807) is 24.3 Å². The molecule has 1 amide bonds. The van der Waals surface area contributed by atoms with Crippen LogP contribution in [0.5, 0.6) is 0 Å². The molecule has 0 bridgehead atoms. The number of nitrogens with one attached hydrogen (secondary N) is 1. The van der Waals surface area contributed by atoms with Gasteiger partial charge in [-0.25, -0.2) is 4.39 Å². The first-order valence-electron chi connectivity index (χ1n) is 8.55. The Morgan fingerprint density at radius 1 is 1.00 bits per heavy atom. The van der Waals surface area contributed by atoms with Gasteiger partial charge in [-0.2, -0.15) is 0 Å². The zero-order chi connectivity index (χ0) is 19.4. The molecule has 0 spiro atoms. The van der Waals surface area contributed by atoms with E-state index in [9.17, 15) is 9.18 Å². The van der Waals surface area contributed by atoms with E-state index in [4.69, 9.17) is 34.8 Å². The minimum atomic E-state index is -0.334. The quantitative estimate of drug-likeness (QED) is 0.756. The minimum Gasteiger partial charge on any atom is -0.324 e. The Balaban J connectivity index is 1.47. The molecule has 1 heterocycles. The summed E-state index contributed by atoms with van der Waals surface area (Å²) in [6.45, 7) is 4.08. The monoisotopic (exact) mass is 429 g/mol. The number of halogens is 4. The van der Waals surface area contributed by atoms with Gasteiger partial charge in [0.05, 0.1) is 22.3 Å². The number of hydrogen-bond acceptors (Lipinski definition) is 3. The third kappa shape index (κ3) is 5.56. The van der Waals surface area contributed by atoms with Crippen molar-refractivity contribution in [3.63, 3.8) is 0 Å². The van der Waals surface area contributed by atoms with Crippen molar-refractivity contribution in [3.05, 3.63) is 62.8 Å². The summed E-state index contributed by atoms with van der Waals surface area (Å²) in [4.78, 5) is 16.6. The Morgan fingerprint density at radius 3 is 2.41 bits per heavy atom. The Morgan fingerprint density at radius 2 is 1.70 bits per heavy atom. The van der Waals surface area contributed by atoms with E-state index in [1.165, 1.54) is 12.1 Å². The second kappa shape index (κ2) is 9.22. The smallest absolute Gasteiger partial charge is 0.238 e. The van der Waals surface area contributed by atoms with Crippen LogP contribution in [0.15, 0.2) is 36.4 Å². The Kier molecular flexibility index (Phi) is 6.95. The van der Waals surface area contributed by atoms with Crippen LogP contribution >= 0.6 is 34.8 Å². The summed E-state index contributed by atoms with van der Waals surface area (Å²) >= 11 is 18.2. The average molecular weight is 431 g/mol. The lowest BCUT2D eigenvalue weighted by atomic mass is 10.2. The summed E-state index contributed by atoms with van der Waals surface area (Å²) < 4.78 is 13.1. The highest BCUT2D eigenvalue weighted by Crippen LogP contribution is 2.29. The van der Waals surface area contributed by atoms with Crippen molar-refractivity contribution >= 4 is 46.4 Å². The van der Waals surface area contributed by atoms with Gasteiger partial charge in [0, 0.05) is 37.7 Å². The van der Waals surface area contributed by atoms with Gasteiger partial charge in [0.25, 0.3) is 0 Å². The molecular formula is C19H19Cl3FN3O. The first kappa shape index (κ1) is 20.4. The highest BCUT2D eigenvalue weighted by Gasteiger charge is 2.20. The molecule has 0 radical (unpaired) electrons. The average Bonchev–Trinajstić information content (AvgIpc) is 2.63. The van der Waals surface area contributed by atoms with Crippen LogP contribution in [0.1, 0.15) is 5.56 Å². The fraction of sp³-hybridized carbons (Fsp3) is 0.316. The molecule has 0 unspecified atom stereocenters. The molecule has 1 fully saturated rings. The number of piperazine rings is 1. The van der Waals surface area contributed by atoms with Crippen molar-refractivity contribution in [2.75, 3.05) is 38.0 Å². The van der Waals surface area contributed by atoms with Crippen molar-refractivity contribution in [2.24, 2.45) is 0 Å². The number of benzene rings is 2. The van der Waals surface area contributed by atoms with Gasteiger partial charge >= 0.3 is 0 Å². The van der Waals surface area contributed by atoms with Gasteiger partial charge in [-0.3, -0.25) is 14.6 Å². The maximum atomic E-state index is 13.1. The van der Waals surface area contributed by atoms with Crippen LogP contribution in [0.2, 0.25) is 15.1 Å². The third-order valence-corrected chi connectivity index (χ3v) is 5.64. The largest absolute Gasteiger partial charge is 0.324 e. The molecule has 2 aromatic rings. The highest BCUT2D eigenvalue weighted by molar-refractivity contribution is 6.44. The highest BCUT2D eigenvalue weighted by atomic mass is 35.5. The summed E-state index contributed by atoms with van der Waals surface area (Å²) in [6, 6.07) is 9.60. The van der Waals surface area contributed by atoms with Crippen molar-refractivity contribution in [2.45, 2.75) is 6.54 Å². The summed E-state index contributed by atoms with van der Waals surface area (Å²) in [5, 5.41) is 3.98. The molecule has 0 aliphatic carbocycles. The molecule has 3 rings (SSSR count). The molecule has 1 aliphatic heterocycles. The van der Waals surface area contributed by atoms with Crippen LogP contribution in [-0.4, -0.2) is 48.4 Å². The summed E-state index contributed by atoms with van der Waals surface area (Å²) in [6.07, 6.45) is 0. The topological polar surface area (TPSA) is 35.6 Å². The molecule has 0 saturated carbocycles. The van der Waals surface area contributed by atoms with Crippen molar-refractivity contribution in [1.82, 2.24) is 9.80 Å². The third-order valence-electron chi connectivity index (χ3n) is 4.47. The molecule has 27 heavy (non-hydrogen) atoms. The van der Waals surface area contributed by atoms with Crippen LogP contribution in [0.4, 0.5) is 10.1 Å². The normalized spacial score (nSPS) is 15.7. The molecule has 4 nitrogen and oxygen atoms in total. The van der Waals surface area contributed by atoms with Crippen LogP contribution in [0.25, 0.3) is 0 Å². The van der Waals surface area contributed by atoms with Crippen LogP contribution in [0, 0.1) is 5.82 Å². The van der Waals surface area contributed by atoms with Gasteiger partial charge in [-0.05, 0) is 29.8 Å². The fourth-order valence-corrected chi connectivity index (χ4v) is 3.56. The molecule has 1 N–H and O–H groups in total. The first-order valence-corrected chi connectivity index (χ1v) is 9.68. The van der Waals surface area contributed by atoms with Gasteiger partial charge in [-0.15, -0.1) is 0 Å². The molecule has 0 atom stereocenters. The number of nitrogens with zero attached hydrogens (tertiary/aromatic N) is 2. The van der Waals surface area contributed by atoms with Crippen molar-refractivity contribution in [3.8, 4) is 0 Å². The number of hydrogen-bond donors (Lipinski definition) is 1. The van der Waals surface area contributed by atoms with E-state index in [1.807, 2.05) is 0 Å². The molecule has 2 aromatic carbocycles. The van der Waals surface area contributed by atoms with Crippen LogP contribution < -0.4 is 5.32 Å². The summed E-state index contributed by atoms with van der Waals surface area (Å²) in [5.74, 6) is -0.464. The van der Waals surface area contributed by atoms with Gasteiger partial charge in [0.2, 0.25) is 5.91 Å². The van der Waals surface area contributed by atoms with Gasteiger partial charge < -0.3 is 5.32 Å². The first-order chi connectivity index (χ1) is 12.9. The standard InChI is InChI=1S/C19H19Cl3FN3O/c20-15-2-1-3-17(19(15)22)24-18(27)12-26-8-6-25(7-9-26)11-13-4-5-14(23)10-16(13)21/h1-5,10H,6-9,11-12H2,(H,24,27). The molecule has 8 heteroatoms. The Hall–Kier alpha value is -1.37. The molecular weight excluding hydrogens is 412 g/mol. The minimum absolute atomic E-state index is 0.130. The van der Waals surface area contributed by atoms with Gasteiger partial charge in [-0.1, -0.05) is 46.9 Å². The molecule has 1 aliphatic rings. The zero-order valence-electron chi connectivity index (χ0n) is 14.5.